The van der Waals surface area contributed by atoms with E-state index in [1.165, 1.54) is 12.7 Å². The molecule has 1 amide bonds. The van der Waals surface area contributed by atoms with Crippen LogP contribution in [0.2, 0.25) is 0 Å². The first-order valence-corrected chi connectivity index (χ1v) is 11.3. The van der Waals surface area contributed by atoms with Gasteiger partial charge in [0, 0.05) is 31.3 Å². The van der Waals surface area contributed by atoms with Crippen molar-refractivity contribution in [2.45, 2.75) is 56.5 Å². The molecular formula is C18H24N6O2S. The average Bonchev–Trinajstić information content (AvgIpc) is 3.04. The summed E-state index contributed by atoms with van der Waals surface area (Å²) in [6.07, 6.45) is 8.72. The van der Waals surface area contributed by atoms with Gasteiger partial charge in [0.1, 0.15) is 11.6 Å². The minimum Gasteiger partial charge on any atom is -0.349 e. The fraction of sp³-hybridized carbons (Fsp3) is 0.556. The Morgan fingerprint density at radius 1 is 1.37 bits per heavy atom. The van der Waals surface area contributed by atoms with Crippen molar-refractivity contribution in [3.63, 3.8) is 0 Å². The van der Waals surface area contributed by atoms with Crippen molar-refractivity contribution in [1.29, 1.82) is 0 Å². The van der Waals surface area contributed by atoms with Crippen molar-refractivity contribution in [2.75, 3.05) is 17.7 Å². The van der Waals surface area contributed by atoms with E-state index in [9.17, 15) is 9.00 Å². The Kier molecular flexibility index (Phi) is 4.71. The molecule has 2 aromatic heterocycles. The lowest BCUT2D eigenvalue weighted by molar-refractivity contribution is -0.117. The highest BCUT2D eigenvalue weighted by Crippen LogP contribution is 2.35. The normalized spacial score (nSPS) is 19.1. The number of fused-ring (bicyclic) bond motifs is 1. The molecule has 27 heavy (non-hydrogen) atoms. The Balaban J connectivity index is 1.64. The summed E-state index contributed by atoms with van der Waals surface area (Å²) in [5.41, 5.74) is 0.838. The third-order valence-electron chi connectivity index (χ3n) is 5.27. The van der Waals surface area contributed by atoms with Crippen LogP contribution in [0.5, 0.6) is 0 Å². The first kappa shape index (κ1) is 18.1. The molecule has 0 aromatic carbocycles. The fourth-order valence-corrected chi connectivity index (χ4v) is 4.91. The van der Waals surface area contributed by atoms with Crippen LogP contribution in [-0.4, -0.2) is 42.7 Å². The SMILES string of the molecule is CCC(=O)N=S(C)(=O)c1cnn2c1CN(c1ccnc(C3CCC3)n1)CC2. The minimum absolute atomic E-state index is 0.241. The van der Waals surface area contributed by atoms with Gasteiger partial charge in [-0.15, -0.1) is 0 Å². The third kappa shape index (κ3) is 3.47. The summed E-state index contributed by atoms with van der Waals surface area (Å²) in [6, 6.07) is 1.92. The number of carbonyl (C=O) groups excluding carboxylic acids is 1. The van der Waals surface area contributed by atoms with Gasteiger partial charge in [0.25, 0.3) is 5.91 Å². The van der Waals surface area contributed by atoms with Crippen LogP contribution in [0.25, 0.3) is 0 Å². The molecule has 1 aliphatic carbocycles. The van der Waals surface area contributed by atoms with Gasteiger partial charge in [-0.3, -0.25) is 9.48 Å². The van der Waals surface area contributed by atoms with Crippen LogP contribution in [0, 0.1) is 0 Å². The Labute approximate surface area is 159 Å². The van der Waals surface area contributed by atoms with Crippen LogP contribution in [0.15, 0.2) is 27.7 Å². The van der Waals surface area contributed by atoms with E-state index in [1.807, 2.05) is 16.9 Å². The van der Waals surface area contributed by atoms with Gasteiger partial charge in [0.05, 0.1) is 39.6 Å². The Hall–Kier alpha value is -2.29. The van der Waals surface area contributed by atoms with Gasteiger partial charge >= 0.3 is 0 Å². The molecule has 4 rings (SSSR count). The molecule has 0 bridgehead atoms. The molecule has 9 heteroatoms. The molecule has 2 aromatic rings. The third-order valence-corrected chi connectivity index (χ3v) is 6.98. The minimum atomic E-state index is -2.81. The predicted octanol–water partition coefficient (Wildman–Crippen LogP) is 2.35. The molecule has 1 aliphatic heterocycles. The van der Waals surface area contributed by atoms with Crippen LogP contribution in [0.4, 0.5) is 5.82 Å². The maximum Gasteiger partial charge on any atom is 0.253 e. The van der Waals surface area contributed by atoms with Crippen LogP contribution in [0.3, 0.4) is 0 Å². The highest BCUT2D eigenvalue weighted by Gasteiger charge is 2.27. The number of anilines is 1. The van der Waals surface area contributed by atoms with E-state index in [-0.39, 0.29) is 12.3 Å². The molecule has 2 aliphatic rings. The van der Waals surface area contributed by atoms with Crippen molar-refractivity contribution in [1.82, 2.24) is 19.7 Å². The summed E-state index contributed by atoms with van der Waals surface area (Å²) in [4.78, 5) is 23.6. The molecule has 1 fully saturated rings. The predicted molar refractivity (Wildman–Crippen MR) is 102 cm³/mol. The lowest BCUT2D eigenvalue weighted by Gasteiger charge is -2.30. The highest BCUT2D eigenvalue weighted by molar-refractivity contribution is 7.93. The number of hydrogen-bond donors (Lipinski definition) is 0. The number of hydrogen-bond acceptors (Lipinski definition) is 6. The number of aromatic nitrogens is 4. The van der Waals surface area contributed by atoms with Crippen molar-refractivity contribution in [3.05, 3.63) is 30.0 Å². The van der Waals surface area contributed by atoms with E-state index in [1.54, 1.807) is 13.1 Å². The summed E-state index contributed by atoms with van der Waals surface area (Å²) in [7, 11) is -2.81. The second-order valence-electron chi connectivity index (χ2n) is 7.14. The zero-order valence-electron chi connectivity index (χ0n) is 15.7. The molecule has 0 N–H and O–H groups in total. The largest absolute Gasteiger partial charge is 0.349 e. The highest BCUT2D eigenvalue weighted by atomic mass is 32.2. The quantitative estimate of drug-likeness (QED) is 0.798. The van der Waals surface area contributed by atoms with Gasteiger partial charge in [-0.1, -0.05) is 13.3 Å². The molecule has 1 saturated carbocycles. The first-order chi connectivity index (χ1) is 13.0. The molecule has 0 saturated heterocycles. The topological polar surface area (TPSA) is 93.3 Å². The summed E-state index contributed by atoms with van der Waals surface area (Å²) in [5.74, 6) is 1.93. The van der Waals surface area contributed by atoms with E-state index >= 15 is 0 Å². The average molecular weight is 388 g/mol. The number of amides is 1. The molecular weight excluding hydrogens is 364 g/mol. The van der Waals surface area contributed by atoms with Gasteiger partial charge < -0.3 is 4.90 Å². The van der Waals surface area contributed by atoms with Gasteiger partial charge in [-0.05, 0) is 18.9 Å². The van der Waals surface area contributed by atoms with Crippen LogP contribution >= 0.6 is 0 Å². The second kappa shape index (κ2) is 7.03. The van der Waals surface area contributed by atoms with Crippen LogP contribution in [0.1, 0.15) is 50.0 Å². The van der Waals surface area contributed by atoms with Gasteiger partial charge in [-0.25, -0.2) is 14.2 Å². The fourth-order valence-electron chi connectivity index (χ4n) is 3.44. The summed E-state index contributed by atoms with van der Waals surface area (Å²) >= 11 is 0. The molecule has 0 spiro atoms. The number of carbonyl (C=O) groups is 1. The van der Waals surface area contributed by atoms with Gasteiger partial charge in [0.2, 0.25) is 0 Å². The zero-order valence-corrected chi connectivity index (χ0v) is 16.5. The van der Waals surface area contributed by atoms with Crippen molar-refractivity contribution in [2.24, 2.45) is 4.36 Å². The smallest absolute Gasteiger partial charge is 0.253 e. The lowest BCUT2D eigenvalue weighted by atomic mass is 9.85. The van der Waals surface area contributed by atoms with E-state index in [4.69, 9.17) is 4.98 Å². The molecule has 1 unspecified atom stereocenters. The molecule has 1 atom stereocenters. The molecule has 3 heterocycles. The molecule has 0 radical (unpaired) electrons. The van der Waals surface area contributed by atoms with Crippen molar-refractivity contribution < 1.29 is 9.00 Å². The van der Waals surface area contributed by atoms with Crippen molar-refractivity contribution in [3.8, 4) is 0 Å². The summed E-state index contributed by atoms with van der Waals surface area (Å²) < 4.78 is 18.8. The monoisotopic (exact) mass is 388 g/mol. The van der Waals surface area contributed by atoms with E-state index in [0.717, 1.165) is 36.7 Å². The number of rotatable bonds is 4. The van der Waals surface area contributed by atoms with Crippen molar-refractivity contribution >= 4 is 21.5 Å². The molecule has 144 valence electrons. The maximum absolute atomic E-state index is 13.0. The van der Waals surface area contributed by atoms with E-state index in [2.05, 4.69) is 19.3 Å². The first-order valence-electron chi connectivity index (χ1n) is 9.35. The Bertz CT molecular complexity index is 987. The zero-order chi connectivity index (χ0) is 19.0. The Morgan fingerprint density at radius 2 is 2.19 bits per heavy atom. The second-order valence-corrected chi connectivity index (χ2v) is 9.37. The van der Waals surface area contributed by atoms with Crippen LogP contribution in [-0.2, 0) is 27.6 Å². The van der Waals surface area contributed by atoms with Gasteiger partial charge in [-0.2, -0.15) is 9.46 Å². The maximum atomic E-state index is 13.0. The summed E-state index contributed by atoms with van der Waals surface area (Å²) in [6.45, 7) is 3.70. The van der Waals surface area contributed by atoms with E-state index in [0.29, 0.717) is 23.9 Å². The lowest BCUT2D eigenvalue weighted by Crippen LogP contribution is -2.35. The molecule has 8 nitrogen and oxygen atoms in total. The van der Waals surface area contributed by atoms with E-state index < -0.39 is 9.73 Å². The Morgan fingerprint density at radius 3 is 2.89 bits per heavy atom. The standard InChI is InChI=1S/C18H24N6O2S/c1-3-17(25)22-27(2,26)15-11-20-24-10-9-23(12-14(15)24)16-7-8-19-18(21-16)13-5-4-6-13/h7-8,11,13H,3-6,9-10,12H2,1-2H3. The number of nitrogens with zero attached hydrogens (tertiary/aromatic N) is 6. The van der Waals surface area contributed by atoms with Gasteiger partial charge in [0.15, 0.2) is 0 Å². The van der Waals surface area contributed by atoms with Crippen LogP contribution < -0.4 is 4.90 Å². The summed E-state index contributed by atoms with van der Waals surface area (Å²) in [5, 5.41) is 4.36.